The van der Waals surface area contributed by atoms with Crippen molar-refractivity contribution >= 4 is 15.9 Å². The molecule has 134 valence electrons. The van der Waals surface area contributed by atoms with Crippen molar-refractivity contribution < 1.29 is 13.2 Å². The molecular weight excluding hydrogens is 326 g/mol. The van der Waals surface area contributed by atoms with Crippen LogP contribution in [0.25, 0.3) is 0 Å². The zero-order valence-electron chi connectivity index (χ0n) is 14.5. The van der Waals surface area contributed by atoms with Crippen molar-refractivity contribution in [1.82, 2.24) is 8.61 Å². The van der Waals surface area contributed by atoms with Gasteiger partial charge >= 0.3 is 0 Å². The maximum absolute atomic E-state index is 12.8. The summed E-state index contributed by atoms with van der Waals surface area (Å²) in [6.07, 6.45) is 2.08. The molecule has 0 saturated carbocycles. The number of piperazine rings is 1. The SMILES string of the molecule is COc1cccc(N2CCN(S(=O)(=O)N3CCCC(C)C3)CC2)c1. The van der Waals surface area contributed by atoms with Crippen LogP contribution in [0.3, 0.4) is 0 Å². The minimum absolute atomic E-state index is 0.451. The first-order valence-corrected chi connectivity index (χ1v) is 10.0. The predicted octanol–water partition coefficient (Wildman–Crippen LogP) is 1.79. The Morgan fingerprint density at radius 2 is 1.83 bits per heavy atom. The van der Waals surface area contributed by atoms with Crippen molar-refractivity contribution in [3.05, 3.63) is 24.3 Å². The van der Waals surface area contributed by atoms with Crippen molar-refractivity contribution in [3.8, 4) is 5.75 Å². The van der Waals surface area contributed by atoms with Gasteiger partial charge in [-0.3, -0.25) is 0 Å². The molecule has 0 aromatic heterocycles. The molecule has 1 atom stereocenters. The fourth-order valence-corrected chi connectivity index (χ4v) is 5.26. The van der Waals surface area contributed by atoms with Crippen molar-refractivity contribution in [2.24, 2.45) is 5.92 Å². The van der Waals surface area contributed by atoms with Crippen LogP contribution in [-0.2, 0) is 10.2 Å². The number of nitrogens with zero attached hydrogens (tertiary/aromatic N) is 3. The van der Waals surface area contributed by atoms with E-state index in [1.165, 1.54) is 0 Å². The monoisotopic (exact) mass is 353 g/mol. The highest BCUT2D eigenvalue weighted by molar-refractivity contribution is 7.86. The second kappa shape index (κ2) is 7.29. The first-order valence-electron chi connectivity index (χ1n) is 8.65. The topological polar surface area (TPSA) is 53.1 Å². The fourth-order valence-electron chi connectivity index (χ4n) is 3.50. The molecule has 1 aromatic rings. The number of anilines is 1. The molecule has 2 aliphatic heterocycles. The van der Waals surface area contributed by atoms with E-state index in [1.807, 2.05) is 24.3 Å². The third-order valence-electron chi connectivity index (χ3n) is 4.93. The molecular formula is C17H27N3O3S. The number of ether oxygens (including phenoxy) is 1. The van der Waals surface area contributed by atoms with Crippen LogP contribution in [0.15, 0.2) is 24.3 Å². The number of piperidine rings is 1. The summed E-state index contributed by atoms with van der Waals surface area (Å²) in [6, 6.07) is 7.92. The average Bonchev–Trinajstić information content (AvgIpc) is 2.62. The zero-order chi connectivity index (χ0) is 17.2. The summed E-state index contributed by atoms with van der Waals surface area (Å²) in [4.78, 5) is 2.22. The molecule has 1 unspecified atom stereocenters. The van der Waals surface area contributed by atoms with Crippen LogP contribution in [0.2, 0.25) is 0 Å². The number of hydrogen-bond acceptors (Lipinski definition) is 4. The highest BCUT2D eigenvalue weighted by Gasteiger charge is 2.34. The Morgan fingerprint density at radius 1 is 1.08 bits per heavy atom. The summed E-state index contributed by atoms with van der Waals surface area (Å²) in [5, 5.41) is 0. The summed E-state index contributed by atoms with van der Waals surface area (Å²) >= 11 is 0. The van der Waals surface area contributed by atoms with E-state index in [4.69, 9.17) is 4.74 Å². The Balaban J connectivity index is 1.63. The van der Waals surface area contributed by atoms with Crippen LogP contribution in [0.5, 0.6) is 5.75 Å². The summed E-state index contributed by atoms with van der Waals surface area (Å²) in [7, 11) is -1.67. The van der Waals surface area contributed by atoms with E-state index in [-0.39, 0.29) is 0 Å². The molecule has 0 bridgehead atoms. The van der Waals surface area contributed by atoms with E-state index in [1.54, 1.807) is 15.7 Å². The third kappa shape index (κ3) is 3.68. The lowest BCUT2D eigenvalue weighted by Gasteiger charge is -2.39. The minimum Gasteiger partial charge on any atom is -0.497 e. The number of hydrogen-bond donors (Lipinski definition) is 0. The number of methoxy groups -OCH3 is 1. The number of benzene rings is 1. The lowest BCUT2D eigenvalue weighted by atomic mass is 10.0. The molecule has 1 aromatic carbocycles. The van der Waals surface area contributed by atoms with Crippen LogP contribution in [0.1, 0.15) is 19.8 Å². The Labute approximate surface area is 145 Å². The third-order valence-corrected chi connectivity index (χ3v) is 6.93. The lowest BCUT2D eigenvalue weighted by molar-refractivity contribution is 0.254. The molecule has 2 saturated heterocycles. The van der Waals surface area contributed by atoms with Gasteiger partial charge in [0.1, 0.15) is 5.75 Å². The van der Waals surface area contributed by atoms with Crippen LogP contribution < -0.4 is 9.64 Å². The average molecular weight is 353 g/mol. The summed E-state index contributed by atoms with van der Waals surface area (Å²) in [5.74, 6) is 1.27. The molecule has 0 amide bonds. The molecule has 6 nitrogen and oxygen atoms in total. The Morgan fingerprint density at radius 3 is 2.50 bits per heavy atom. The van der Waals surface area contributed by atoms with E-state index in [0.717, 1.165) is 24.3 Å². The predicted molar refractivity (Wildman–Crippen MR) is 95.7 cm³/mol. The Kier molecular flexibility index (Phi) is 5.32. The maximum Gasteiger partial charge on any atom is 0.282 e. The van der Waals surface area contributed by atoms with E-state index in [9.17, 15) is 8.42 Å². The van der Waals surface area contributed by atoms with Gasteiger partial charge in [0.05, 0.1) is 7.11 Å². The molecule has 24 heavy (non-hydrogen) atoms. The smallest absolute Gasteiger partial charge is 0.282 e. The molecule has 0 aliphatic carbocycles. The number of rotatable bonds is 4. The van der Waals surface area contributed by atoms with Gasteiger partial charge in [-0.1, -0.05) is 13.0 Å². The standard InChI is InChI=1S/C17H27N3O3S/c1-15-5-4-8-20(14-15)24(21,22)19-11-9-18(10-12-19)16-6-3-7-17(13-16)23-2/h3,6-7,13,15H,4-5,8-12,14H2,1-2H3. The highest BCUT2D eigenvalue weighted by atomic mass is 32.2. The summed E-state index contributed by atoms with van der Waals surface area (Å²) in [6.45, 7) is 5.91. The van der Waals surface area contributed by atoms with E-state index in [0.29, 0.717) is 45.2 Å². The first kappa shape index (κ1) is 17.5. The van der Waals surface area contributed by atoms with E-state index < -0.39 is 10.2 Å². The van der Waals surface area contributed by atoms with Crippen LogP contribution in [-0.4, -0.2) is 63.4 Å². The van der Waals surface area contributed by atoms with Crippen molar-refractivity contribution in [2.45, 2.75) is 19.8 Å². The molecule has 7 heteroatoms. The molecule has 2 fully saturated rings. The Bertz CT molecular complexity index is 657. The summed E-state index contributed by atoms with van der Waals surface area (Å²) in [5.41, 5.74) is 1.08. The van der Waals surface area contributed by atoms with Crippen molar-refractivity contribution in [2.75, 3.05) is 51.3 Å². The molecule has 2 heterocycles. The van der Waals surface area contributed by atoms with E-state index >= 15 is 0 Å². The molecule has 3 rings (SSSR count). The lowest BCUT2D eigenvalue weighted by Crippen LogP contribution is -2.54. The van der Waals surface area contributed by atoms with E-state index in [2.05, 4.69) is 11.8 Å². The quantitative estimate of drug-likeness (QED) is 0.828. The molecule has 0 N–H and O–H groups in total. The van der Waals surface area contributed by atoms with Gasteiger partial charge in [0, 0.05) is 51.0 Å². The largest absolute Gasteiger partial charge is 0.497 e. The molecule has 2 aliphatic rings. The molecule has 0 spiro atoms. The maximum atomic E-state index is 12.8. The summed E-state index contributed by atoms with van der Waals surface area (Å²) < 4.78 is 34.3. The molecule has 0 radical (unpaired) electrons. The highest BCUT2D eigenvalue weighted by Crippen LogP contribution is 2.25. The van der Waals surface area contributed by atoms with Gasteiger partial charge in [-0.05, 0) is 30.9 Å². The Hall–Kier alpha value is -1.31. The van der Waals surface area contributed by atoms with Gasteiger partial charge in [0.25, 0.3) is 10.2 Å². The van der Waals surface area contributed by atoms with Gasteiger partial charge in [-0.25, -0.2) is 0 Å². The first-order chi connectivity index (χ1) is 11.5. The van der Waals surface area contributed by atoms with Crippen molar-refractivity contribution in [1.29, 1.82) is 0 Å². The normalized spacial score (nSPS) is 24.1. The second-order valence-corrected chi connectivity index (χ2v) is 8.63. The fraction of sp³-hybridized carbons (Fsp3) is 0.647. The van der Waals surface area contributed by atoms with Crippen LogP contribution in [0.4, 0.5) is 5.69 Å². The second-order valence-electron chi connectivity index (χ2n) is 6.70. The van der Waals surface area contributed by atoms with Gasteiger partial charge < -0.3 is 9.64 Å². The zero-order valence-corrected chi connectivity index (χ0v) is 15.3. The van der Waals surface area contributed by atoms with Crippen LogP contribution >= 0.6 is 0 Å². The van der Waals surface area contributed by atoms with Gasteiger partial charge in [0.2, 0.25) is 0 Å². The minimum atomic E-state index is -3.32. The van der Waals surface area contributed by atoms with Gasteiger partial charge in [0.15, 0.2) is 0 Å². The van der Waals surface area contributed by atoms with Crippen LogP contribution in [0, 0.1) is 5.92 Å². The van der Waals surface area contributed by atoms with Crippen molar-refractivity contribution in [3.63, 3.8) is 0 Å². The van der Waals surface area contributed by atoms with Gasteiger partial charge in [-0.2, -0.15) is 17.0 Å². The van der Waals surface area contributed by atoms with Gasteiger partial charge in [-0.15, -0.1) is 0 Å².